The number of nitrogens with one attached hydrogen (secondary N) is 2. The number of benzene rings is 1. The second-order valence-corrected chi connectivity index (χ2v) is 9.43. The number of aliphatic hydroxyl groups excluding tert-OH is 1. The van der Waals surface area contributed by atoms with Crippen molar-refractivity contribution in [2.24, 2.45) is 11.8 Å². The van der Waals surface area contributed by atoms with E-state index in [9.17, 15) is 14.7 Å². The van der Waals surface area contributed by atoms with Gasteiger partial charge in [-0.25, -0.2) is 4.98 Å². The summed E-state index contributed by atoms with van der Waals surface area (Å²) < 4.78 is 0. The summed E-state index contributed by atoms with van der Waals surface area (Å²) in [5.74, 6) is 0.714. The van der Waals surface area contributed by atoms with E-state index in [4.69, 9.17) is 0 Å². The molecular formula is C23H30N4O3S. The first kappa shape index (κ1) is 21.9. The van der Waals surface area contributed by atoms with Crippen molar-refractivity contribution < 1.29 is 14.7 Å². The van der Waals surface area contributed by atoms with Crippen LogP contribution in [-0.4, -0.2) is 65.1 Å². The van der Waals surface area contributed by atoms with Gasteiger partial charge >= 0.3 is 0 Å². The number of hydrogen-bond acceptors (Lipinski definition) is 6. The van der Waals surface area contributed by atoms with E-state index in [-0.39, 0.29) is 24.3 Å². The van der Waals surface area contributed by atoms with Crippen LogP contribution in [0.3, 0.4) is 0 Å². The molecule has 31 heavy (non-hydrogen) atoms. The lowest BCUT2D eigenvalue weighted by molar-refractivity contribution is -0.123. The maximum atomic E-state index is 12.6. The van der Waals surface area contributed by atoms with Crippen molar-refractivity contribution in [2.75, 3.05) is 26.2 Å². The summed E-state index contributed by atoms with van der Waals surface area (Å²) in [6.45, 7) is 4.63. The van der Waals surface area contributed by atoms with E-state index in [0.717, 1.165) is 35.8 Å². The van der Waals surface area contributed by atoms with E-state index in [1.54, 1.807) is 0 Å². The molecule has 1 aliphatic heterocycles. The van der Waals surface area contributed by atoms with Gasteiger partial charge in [0.25, 0.3) is 0 Å². The van der Waals surface area contributed by atoms with E-state index in [0.29, 0.717) is 31.3 Å². The SMILES string of the molecule is CCNC(=O)CN1C[C@H]2C[C@H](O)[C@@H](NC(=O)Cc3csc(-c4ccccc4)n3)C[C@H]2C1. The van der Waals surface area contributed by atoms with Crippen LogP contribution in [0.2, 0.25) is 0 Å². The van der Waals surface area contributed by atoms with Crippen LogP contribution < -0.4 is 10.6 Å². The predicted molar refractivity (Wildman–Crippen MR) is 121 cm³/mol. The summed E-state index contributed by atoms with van der Waals surface area (Å²) in [5.41, 5.74) is 1.80. The molecule has 0 radical (unpaired) electrons. The van der Waals surface area contributed by atoms with Gasteiger partial charge in [0.15, 0.2) is 0 Å². The zero-order chi connectivity index (χ0) is 21.8. The summed E-state index contributed by atoms with van der Waals surface area (Å²) in [7, 11) is 0. The molecule has 0 bridgehead atoms. The third kappa shape index (κ3) is 5.50. The van der Waals surface area contributed by atoms with Crippen molar-refractivity contribution >= 4 is 23.2 Å². The first-order chi connectivity index (χ1) is 15.0. The van der Waals surface area contributed by atoms with Crippen LogP contribution in [0.15, 0.2) is 35.7 Å². The molecule has 0 spiro atoms. The van der Waals surface area contributed by atoms with Gasteiger partial charge in [-0.1, -0.05) is 30.3 Å². The Labute approximate surface area is 186 Å². The molecule has 1 aromatic heterocycles. The van der Waals surface area contributed by atoms with Crippen molar-refractivity contribution in [1.29, 1.82) is 0 Å². The Bertz CT molecular complexity index is 903. The third-order valence-electron chi connectivity index (χ3n) is 6.22. The number of nitrogens with zero attached hydrogens (tertiary/aromatic N) is 2. The maximum absolute atomic E-state index is 12.6. The number of rotatable bonds is 7. The van der Waals surface area contributed by atoms with E-state index < -0.39 is 6.10 Å². The molecule has 1 saturated heterocycles. The Morgan fingerprint density at radius 1 is 1.16 bits per heavy atom. The molecule has 7 nitrogen and oxygen atoms in total. The van der Waals surface area contributed by atoms with Gasteiger partial charge in [0, 0.05) is 30.6 Å². The van der Waals surface area contributed by atoms with Crippen molar-refractivity contribution in [1.82, 2.24) is 20.5 Å². The number of likely N-dealkylation sites (N-methyl/N-ethyl adjacent to an activating group) is 1. The fraction of sp³-hybridized carbons (Fsp3) is 0.522. The number of likely N-dealkylation sites (tertiary alicyclic amines) is 1. The lowest BCUT2D eigenvalue weighted by Crippen LogP contribution is -2.49. The number of hydrogen-bond donors (Lipinski definition) is 3. The molecule has 2 amide bonds. The van der Waals surface area contributed by atoms with Crippen molar-refractivity contribution in [3.63, 3.8) is 0 Å². The molecule has 3 N–H and O–H groups in total. The lowest BCUT2D eigenvalue weighted by atomic mass is 9.77. The first-order valence-corrected chi connectivity index (χ1v) is 11.9. The van der Waals surface area contributed by atoms with E-state index in [2.05, 4.69) is 20.5 Å². The summed E-state index contributed by atoms with van der Waals surface area (Å²) in [5, 5.41) is 19.3. The zero-order valence-electron chi connectivity index (χ0n) is 17.8. The summed E-state index contributed by atoms with van der Waals surface area (Å²) >= 11 is 1.53. The number of thiazole rings is 1. The second-order valence-electron chi connectivity index (χ2n) is 8.57. The fourth-order valence-electron chi connectivity index (χ4n) is 4.79. The highest BCUT2D eigenvalue weighted by Crippen LogP contribution is 2.36. The van der Waals surface area contributed by atoms with Crippen molar-refractivity contribution in [3.05, 3.63) is 41.4 Å². The van der Waals surface area contributed by atoms with Crippen molar-refractivity contribution in [2.45, 2.75) is 38.3 Å². The minimum atomic E-state index is -0.551. The quantitative estimate of drug-likeness (QED) is 0.607. The van der Waals surface area contributed by atoms with Gasteiger partial charge < -0.3 is 15.7 Å². The highest BCUT2D eigenvalue weighted by atomic mass is 32.1. The Morgan fingerprint density at radius 3 is 2.65 bits per heavy atom. The van der Waals surface area contributed by atoms with E-state index in [1.807, 2.05) is 42.6 Å². The summed E-state index contributed by atoms with van der Waals surface area (Å²) in [4.78, 5) is 31.3. The summed E-state index contributed by atoms with van der Waals surface area (Å²) in [6, 6.07) is 9.69. The molecule has 4 rings (SSSR count). The number of carbonyl (C=O) groups excluding carboxylic acids is 2. The molecule has 2 heterocycles. The van der Waals surface area contributed by atoms with Gasteiger partial charge in [-0.15, -0.1) is 11.3 Å². The monoisotopic (exact) mass is 442 g/mol. The molecule has 1 aliphatic carbocycles. The minimum Gasteiger partial charge on any atom is -0.391 e. The Morgan fingerprint density at radius 2 is 1.90 bits per heavy atom. The lowest BCUT2D eigenvalue weighted by Gasteiger charge is -2.35. The number of fused-ring (bicyclic) bond motifs is 1. The van der Waals surface area contributed by atoms with Crippen LogP contribution in [0.4, 0.5) is 0 Å². The van der Waals surface area contributed by atoms with E-state index >= 15 is 0 Å². The summed E-state index contributed by atoms with van der Waals surface area (Å²) in [6.07, 6.45) is 1.07. The third-order valence-corrected chi connectivity index (χ3v) is 7.16. The van der Waals surface area contributed by atoms with Gasteiger partial charge in [0.1, 0.15) is 5.01 Å². The maximum Gasteiger partial charge on any atom is 0.234 e. The average Bonchev–Trinajstić information content (AvgIpc) is 3.35. The van der Waals surface area contributed by atoms with Gasteiger partial charge in [-0.2, -0.15) is 0 Å². The molecule has 2 fully saturated rings. The Kier molecular flexibility index (Phi) is 6.99. The number of amides is 2. The zero-order valence-corrected chi connectivity index (χ0v) is 18.6. The number of aliphatic hydroxyl groups is 1. The van der Waals surface area contributed by atoms with Gasteiger partial charge in [0.05, 0.1) is 30.8 Å². The Hall–Kier alpha value is -2.29. The van der Waals surface area contributed by atoms with Gasteiger partial charge in [-0.05, 0) is 31.6 Å². The molecule has 0 unspecified atom stereocenters. The van der Waals surface area contributed by atoms with Crippen LogP contribution in [0, 0.1) is 11.8 Å². The molecule has 1 aromatic carbocycles. The first-order valence-electron chi connectivity index (χ1n) is 11.0. The van der Waals surface area contributed by atoms with Crippen LogP contribution in [0.1, 0.15) is 25.5 Å². The predicted octanol–water partition coefficient (Wildman–Crippen LogP) is 1.68. The highest BCUT2D eigenvalue weighted by molar-refractivity contribution is 7.13. The topological polar surface area (TPSA) is 94.6 Å². The highest BCUT2D eigenvalue weighted by Gasteiger charge is 2.42. The molecule has 8 heteroatoms. The van der Waals surface area contributed by atoms with Crippen LogP contribution >= 0.6 is 11.3 Å². The largest absolute Gasteiger partial charge is 0.391 e. The van der Waals surface area contributed by atoms with Gasteiger partial charge in [0.2, 0.25) is 11.8 Å². The van der Waals surface area contributed by atoms with Crippen LogP contribution in [0.5, 0.6) is 0 Å². The average molecular weight is 443 g/mol. The number of carbonyl (C=O) groups is 2. The second kappa shape index (κ2) is 9.89. The van der Waals surface area contributed by atoms with E-state index in [1.165, 1.54) is 11.3 Å². The molecule has 4 atom stereocenters. The molecule has 1 saturated carbocycles. The normalized spacial score (nSPS) is 25.7. The molecular weight excluding hydrogens is 412 g/mol. The van der Waals surface area contributed by atoms with Crippen LogP contribution in [0.25, 0.3) is 10.6 Å². The molecule has 166 valence electrons. The van der Waals surface area contributed by atoms with Gasteiger partial charge in [-0.3, -0.25) is 14.5 Å². The molecule has 2 aliphatic rings. The smallest absolute Gasteiger partial charge is 0.234 e. The Balaban J connectivity index is 1.29. The minimum absolute atomic E-state index is 0.0460. The fourth-order valence-corrected chi connectivity index (χ4v) is 5.62. The van der Waals surface area contributed by atoms with Crippen molar-refractivity contribution in [3.8, 4) is 10.6 Å². The van der Waals surface area contributed by atoms with Crippen LogP contribution in [-0.2, 0) is 16.0 Å². The standard InChI is InChI=1S/C23H30N4O3S/c1-2-24-22(30)13-27-11-16-8-19(20(28)9-17(16)12-27)26-21(29)10-18-14-31-23(25-18)15-6-4-3-5-7-15/h3-7,14,16-17,19-20,28H,2,8-13H2,1H3,(H,24,30)(H,26,29)/t16-,17+,19-,20-/m0/s1. The molecule has 2 aromatic rings. The number of aromatic nitrogens is 1.